The van der Waals surface area contributed by atoms with Gasteiger partial charge in [-0.1, -0.05) is 19.9 Å². The van der Waals surface area contributed by atoms with Crippen molar-refractivity contribution >= 4 is 0 Å². The van der Waals surface area contributed by atoms with Crippen molar-refractivity contribution in [2.45, 2.75) is 46.0 Å². The molecule has 1 aliphatic rings. The van der Waals surface area contributed by atoms with Crippen molar-refractivity contribution < 1.29 is 0 Å². The lowest BCUT2D eigenvalue weighted by atomic mass is 9.66. The van der Waals surface area contributed by atoms with Gasteiger partial charge in [0.25, 0.3) is 0 Å². The number of hydrogen-bond acceptors (Lipinski definition) is 1. The normalized spacial score (nSPS) is 31.4. The third kappa shape index (κ3) is 3.13. The van der Waals surface area contributed by atoms with Crippen LogP contribution in [-0.2, 0) is 0 Å². The van der Waals surface area contributed by atoms with Gasteiger partial charge in [-0.15, -0.1) is 6.58 Å². The summed E-state index contributed by atoms with van der Waals surface area (Å²) in [5.41, 5.74) is 6.37. The average molecular weight is 195 g/mol. The molecule has 0 aliphatic heterocycles. The smallest absolute Gasteiger partial charge is 0.00462 e. The number of allylic oxidation sites excluding steroid dienone is 1. The zero-order chi connectivity index (χ0) is 10.6. The highest BCUT2D eigenvalue weighted by Gasteiger charge is 2.33. The van der Waals surface area contributed by atoms with Gasteiger partial charge in [0.15, 0.2) is 0 Å². The molecule has 1 rings (SSSR count). The van der Waals surface area contributed by atoms with Crippen LogP contribution in [0.5, 0.6) is 0 Å². The molecule has 0 aromatic rings. The fraction of sp³-hybridized carbons (Fsp3) is 0.846. The minimum absolute atomic E-state index is 0.539. The van der Waals surface area contributed by atoms with Gasteiger partial charge in [-0.2, -0.15) is 0 Å². The number of nitrogens with two attached hydrogens (primary N) is 1. The molecule has 1 nitrogen and oxygen atoms in total. The predicted molar refractivity (Wildman–Crippen MR) is 63.1 cm³/mol. The molecule has 0 spiro atoms. The Balaban J connectivity index is 2.51. The Morgan fingerprint density at radius 1 is 1.43 bits per heavy atom. The van der Waals surface area contributed by atoms with Crippen LogP contribution in [0.4, 0.5) is 0 Å². The van der Waals surface area contributed by atoms with Crippen LogP contribution >= 0.6 is 0 Å². The van der Waals surface area contributed by atoms with Crippen LogP contribution in [0.15, 0.2) is 12.7 Å². The van der Waals surface area contributed by atoms with Crippen molar-refractivity contribution in [1.82, 2.24) is 0 Å². The summed E-state index contributed by atoms with van der Waals surface area (Å²) in [5.74, 6) is 1.60. The van der Waals surface area contributed by atoms with E-state index >= 15 is 0 Å². The molecule has 0 bridgehead atoms. The molecule has 2 atom stereocenters. The minimum atomic E-state index is 0.539. The highest BCUT2D eigenvalue weighted by Crippen LogP contribution is 2.43. The first kappa shape index (κ1) is 11.8. The zero-order valence-electron chi connectivity index (χ0n) is 9.76. The molecule has 1 saturated carbocycles. The second-order valence-electron chi connectivity index (χ2n) is 5.53. The van der Waals surface area contributed by atoms with Gasteiger partial charge >= 0.3 is 0 Å². The van der Waals surface area contributed by atoms with Gasteiger partial charge in [-0.05, 0) is 55.9 Å². The third-order valence-corrected chi connectivity index (χ3v) is 3.72. The first-order chi connectivity index (χ1) is 6.59. The summed E-state index contributed by atoms with van der Waals surface area (Å²) >= 11 is 0. The molecule has 82 valence electrons. The van der Waals surface area contributed by atoms with Gasteiger partial charge in [-0.3, -0.25) is 0 Å². The molecule has 0 aromatic carbocycles. The lowest BCUT2D eigenvalue weighted by Crippen LogP contribution is -2.33. The van der Waals surface area contributed by atoms with E-state index in [2.05, 4.69) is 20.4 Å². The van der Waals surface area contributed by atoms with E-state index in [1.165, 1.54) is 25.7 Å². The van der Waals surface area contributed by atoms with E-state index in [-0.39, 0.29) is 0 Å². The SMILES string of the molecule is C=CCCC1CC(C)(C)CCC1CN. The minimum Gasteiger partial charge on any atom is -0.330 e. The predicted octanol–water partition coefficient (Wildman–Crippen LogP) is 3.35. The Labute approximate surface area is 88.8 Å². The van der Waals surface area contributed by atoms with Gasteiger partial charge in [0, 0.05) is 0 Å². The molecule has 0 amide bonds. The molecule has 1 fully saturated rings. The number of rotatable bonds is 4. The van der Waals surface area contributed by atoms with Crippen LogP contribution in [0.25, 0.3) is 0 Å². The summed E-state index contributed by atoms with van der Waals surface area (Å²) in [7, 11) is 0. The van der Waals surface area contributed by atoms with E-state index in [0.29, 0.717) is 5.41 Å². The van der Waals surface area contributed by atoms with Crippen molar-refractivity contribution in [2.24, 2.45) is 23.0 Å². The van der Waals surface area contributed by atoms with E-state index in [9.17, 15) is 0 Å². The Bertz CT molecular complexity index is 184. The fourth-order valence-corrected chi connectivity index (χ4v) is 2.77. The lowest BCUT2D eigenvalue weighted by molar-refractivity contribution is 0.116. The van der Waals surface area contributed by atoms with Gasteiger partial charge in [0.1, 0.15) is 0 Å². The molecule has 1 aliphatic carbocycles. The Morgan fingerprint density at radius 3 is 2.71 bits per heavy atom. The van der Waals surface area contributed by atoms with E-state index in [4.69, 9.17) is 5.73 Å². The second kappa shape index (κ2) is 4.97. The molecule has 0 radical (unpaired) electrons. The summed E-state index contributed by atoms with van der Waals surface area (Å²) in [6, 6.07) is 0. The van der Waals surface area contributed by atoms with Crippen LogP contribution in [-0.4, -0.2) is 6.54 Å². The van der Waals surface area contributed by atoms with E-state index < -0.39 is 0 Å². The maximum absolute atomic E-state index is 5.83. The van der Waals surface area contributed by atoms with Crippen LogP contribution in [0.1, 0.15) is 46.0 Å². The van der Waals surface area contributed by atoms with Crippen molar-refractivity contribution in [3.8, 4) is 0 Å². The largest absolute Gasteiger partial charge is 0.330 e. The van der Waals surface area contributed by atoms with Crippen LogP contribution in [0.2, 0.25) is 0 Å². The van der Waals surface area contributed by atoms with Crippen molar-refractivity contribution in [1.29, 1.82) is 0 Å². The average Bonchev–Trinajstić information content (AvgIpc) is 2.14. The Kier molecular flexibility index (Phi) is 4.18. The van der Waals surface area contributed by atoms with Crippen molar-refractivity contribution in [3.05, 3.63) is 12.7 Å². The van der Waals surface area contributed by atoms with Crippen molar-refractivity contribution in [3.63, 3.8) is 0 Å². The number of hydrogen-bond donors (Lipinski definition) is 1. The van der Waals surface area contributed by atoms with Gasteiger partial charge in [0.2, 0.25) is 0 Å². The van der Waals surface area contributed by atoms with Crippen LogP contribution in [0.3, 0.4) is 0 Å². The summed E-state index contributed by atoms with van der Waals surface area (Å²) in [6.45, 7) is 9.45. The molecule has 14 heavy (non-hydrogen) atoms. The Hall–Kier alpha value is -0.300. The van der Waals surface area contributed by atoms with Gasteiger partial charge < -0.3 is 5.73 Å². The maximum Gasteiger partial charge on any atom is -0.00462 e. The van der Waals surface area contributed by atoms with Crippen molar-refractivity contribution in [2.75, 3.05) is 6.54 Å². The van der Waals surface area contributed by atoms with Crippen LogP contribution in [0, 0.1) is 17.3 Å². The maximum atomic E-state index is 5.83. The van der Waals surface area contributed by atoms with Crippen LogP contribution < -0.4 is 5.73 Å². The molecule has 2 N–H and O–H groups in total. The highest BCUT2D eigenvalue weighted by atomic mass is 14.6. The molecule has 1 heteroatoms. The monoisotopic (exact) mass is 195 g/mol. The zero-order valence-corrected chi connectivity index (χ0v) is 9.76. The first-order valence-electron chi connectivity index (χ1n) is 5.90. The highest BCUT2D eigenvalue weighted by molar-refractivity contribution is 4.86. The molecular weight excluding hydrogens is 170 g/mol. The quantitative estimate of drug-likeness (QED) is 0.684. The molecule has 0 saturated heterocycles. The molecular formula is C13H25N. The van der Waals surface area contributed by atoms with Gasteiger partial charge in [-0.25, -0.2) is 0 Å². The lowest BCUT2D eigenvalue weighted by Gasteiger charge is -2.40. The summed E-state index contributed by atoms with van der Waals surface area (Å²) in [5, 5.41) is 0. The second-order valence-corrected chi connectivity index (χ2v) is 5.53. The van der Waals surface area contributed by atoms with Gasteiger partial charge in [0.05, 0.1) is 0 Å². The first-order valence-corrected chi connectivity index (χ1v) is 5.90. The third-order valence-electron chi connectivity index (χ3n) is 3.72. The van der Waals surface area contributed by atoms with E-state index in [1.807, 2.05) is 6.08 Å². The Morgan fingerprint density at radius 2 is 2.14 bits per heavy atom. The van der Waals surface area contributed by atoms with E-state index in [1.54, 1.807) is 0 Å². The summed E-state index contributed by atoms with van der Waals surface area (Å²) in [6.07, 6.45) is 8.49. The molecule has 0 heterocycles. The molecule has 2 unspecified atom stereocenters. The fourth-order valence-electron chi connectivity index (χ4n) is 2.77. The summed E-state index contributed by atoms with van der Waals surface area (Å²) < 4.78 is 0. The molecule has 0 aromatic heterocycles. The topological polar surface area (TPSA) is 26.0 Å². The standard InChI is InChI=1S/C13H25N/c1-4-5-6-11-9-13(2,3)8-7-12(11)10-14/h4,11-12H,1,5-10,14H2,2-3H3. The van der Waals surface area contributed by atoms with E-state index in [0.717, 1.165) is 24.8 Å². The summed E-state index contributed by atoms with van der Waals surface area (Å²) in [4.78, 5) is 0.